The number of thiazole rings is 1. The highest BCUT2D eigenvalue weighted by molar-refractivity contribution is 7.12. The summed E-state index contributed by atoms with van der Waals surface area (Å²) in [5, 5.41) is 10.7. The van der Waals surface area contributed by atoms with Crippen LogP contribution in [-0.2, 0) is 9.59 Å². The molecule has 2 aromatic heterocycles. The van der Waals surface area contributed by atoms with Gasteiger partial charge in [0.15, 0.2) is 0 Å². The van der Waals surface area contributed by atoms with E-state index in [-0.39, 0.29) is 18.2 Å². The van der Waals surface area contributed by atoms with Gasteiger partial charge in [0.25, 0.3) is 0 Å². The van der Waals surface area contributed by atoms with E-state index in [0.29, 0.717) is 34.0 Å². The van der Waals surface area contributed by atoms with Crippen LogP contribution >= 0.6 is 22.9 Å². The van der Waals surface area contributed by atoms with Gasteiger partial charge < -0.3 is 15.0 Å². The number of benzene rings is 2. The second kappa shape index (κ2) is 9.52. The number of ether oxygens (including phenoxy) is 1. The lowest BCUT2D eigenvalue weighted by Gasteiger charge is -2.17. The zero-order valence-electron chi connectivity index (χ0n) is 19.1. The number of methoxy groups -OCH3 is 1. The Kier molecular flexibility index (Phi) is 6.27. The van der Waals surface area contributed by atoms with Crippen LogP contribution in [0.2, 0.25) is 5.02 Å². The summed E-state index contributed by atoms with van der Waals surface area (Å²) in [7, 11) is 1.58. The van der Waals surface area contributed by atoms with Crippen molar-refractivity contribution in [3.8, 4) is 22.1 Å². The van der Waals surface area contributed by atoms with Crippen molar-refractivity contribution in [1.29, 1.82) is 0 Å². The Hall–Kier alpha value is -3.69. The zero-order valence-corrected chi connectivity index (χ0v) is 20.6. The van der Waals surface area contributed by atoms with Gasteiger partial charge in [-0.2, -0.15) is 9.78 Å². The summed E-state index contributed by atoms with van der Waals surface area (Å²) in [6.07, 6.45) is 0.133. The molecule has 2 amide bonds. The monoisotopic (exact) mass is 507 g/mol. The number of hydrogen-bond acceptors (Lipinski definition) is 6. The number of carbonyl (C=O) groups is 2. The molecule has 1 atom stereocenters. The summed E-state index contributed by atoms with van der Waals surface area (Å²) in [6.45, 7) is 2.15. The second-order valence-corrected chi connectivity index (χ2v) is 9.47. The number of nitrogens with one attached hydrogen (secondary N) is 1. The van der Waals surface area contributed by atoms with Crippen molar-refractivity contribution in [3.63, 3.8) is 0 Å². The summed E-state index contributed by atoms with van der Waals surface area (Å²) < 4.78 is 6.88. The molecule has 8 nitrogen and oxygen atoms in total. The first-order valence-electron chi connectivity index (χ1n) is 10.9. The molecule has 0 saturated carbocycles. The number of rotatable bonds is 6. The van der Waals surface area contributed by atoms with Crippen molar-refractivity contribution < 1.29 is 14.3 Å². The number of aryl methyl sites for hydroxylation is 1. The number of amides is 2. The standard InChI is InChI=1S/C25H22ClN5O3S/c1-15-10-22(31(29-15)25-27-21(14-35-25)16-6-8-18(26)9-7-16)28-24(33)17-11-23(32)30(13-17)19-4-3-5-20(12-19)34-2/h3-10,12,14,17H,11,13H2,1-2H3,(H,28,33). The molecule has 10 heteroatoms. The predicted molar refractivity (Wildman–Crippen MR) is 137 cm³/mol. The average Bonchev–Trinajstić information content (AvgIpc) is 3.58. The van der Waals surface area contributed by atoms with E-state index in [0.717, 1.165) is 17.0 Å². The summed E-state index contributed by atoms with van der Waals surface area (Å²) in [5.74, 6) is 0.342. The molecule has 1 fully saturated rings. The molecule has 35 heavy (non-hydrogen) atoms. The minimum Gasteiger partial charge on any atom is -0.497 e. The highest BCUT2D eigenvalue weighted by Crippen LogP contribution is 2.30. The molecule has 1 saturated heterocycles. The number of hydrogen-bond donors (Lipinski definition) is 1. The maximum atomic E-state index is 13.1. The predicted octanol–water partition coefficient (Wildman–Crippen LogP) is 4.96. The first-order chi connectivity index (χ1) is 16.9. The van der Waals surface area contributed by atoms with Crippen molar-refractivity contribution in [2.45, 2.75) is 13.3 Å². The van der Waals surface area contributed by atoms with Crippen LogP contribution in [0.1, 0.15) is 12.1 Å². The van der Waals surface area contributed by atoms with Gasteiger partial charge in [0.05, 0.1) is 24.4 Å². The molecule has 1 N–H and O–H groups in total. The zero-order chi connectivity index (χ0) is 24.5. The van der Waals surface area contributed by atoms with Gasteiger partial charge >= 0.3 is 0 Å². The topological polar surface area (TPSA) is 89.3 Å². The lowest BCUT2D eigenvalue weighted by molar-refractivity contribution is -0.122. The lowest BCUT2D eigenvalue weighted by atomic mass is 10.1. The number of aromatic nitrogens is 3. The molecule has 0 spiro atoms. The van der Waals surface area contributed by atoms with Crippen LogP contribution in [0.25, 0.3) is 16.4 Å². The maximum absolute atomic E-state index is 13.1. The smallest absolute Gasteiger partial charge is 0.230 e. The molecule has 0 aliphatic carbocycles. The van der Waals surface area contributed by atoms with Gasteiger partial charge in [-0.15, -0.1) is 11.3 Å². The lowest BCUT2D eigenvalue weighted by Crippen LogP contribution is -2.28. The fourth-order valence-electron chi connectivity index (χ4n) is 3.99. The van der Waals surface area contributed by atoms with Crippen LogP contribution in [0.15, 0.2) is 60.0 Å². The number of halogens is 1. The van der Waals surface area contributed by atoms with E-state index in [4.69, 9.17) is 16.3 Å². The molecular formula is C25H22ClN5O3S. The van der Waals surface area contributed by atoms with Crippen LogP contribution < -0.4 is 15.0 Å². The van der Waals surface area contributed by atoms with Gasteiger partial charge in [-0.25, -0.2) is 4.98 Å². The van der Waals surface area contributed by atoms with Crippen molar-refractivity contribution >= 4 is 46.3 Å². The number of anilines is 2. The first kappa shape index (κ1) is 23.1. The van der Waals surface area contributed by atoms with E-state index in [1.54, 1.807) is 28.8 Å². The molecule has 0 bridgehead atoms. The second-order valence-electron chi connectivity index (χ2n) is 8.20. The fourth-order valence-corrected chi connectivity index (χ4v) is 4.91. The molecular weight excluding hydrogens is 486 g/mol. The maximum Gasteiger partial charge on any atom is 0.230 e. The summed E-state index contributed by atoms with van der Waals surface area (Å²) >= 11 is 7.41. The van der Waals surface area contributed by atoms with Gasteiger partial charge in [-0.1, -0.05) is 29.8 Å². The third-order valence-electron chi connectivity index (χ3n) is 5.76. The summed E-state index contributed by atoms with van der Waals surface area (Å²) in [4.78, 5) is 32.1. The Labute approximate surface area is 211 Å². The Bertz CT molecular complexity index is 1400. The van der Waals surface area contributed by atoms with E-state index in [1.165, 1.54) is 11.3 Å². The van der Waals surface area contributed by atoms with Crippen LogP contribution in [0.4, 0.5) is 11.5 Å². The van der Waals surface area contributed by atoms with Crippen molar-refractivity contribution in [2.24, 2.45) is 5.92 Å². The number of carbonyl (C=O) groups excluding carboxylic acids is 2. The normalized spacial score (nSPS) is 15.5. The van der Waals surface area contributed by atoms with Crippen molar-refractivity contribution in [3.05, 3.63) is 70.7 Å². The van der Waals surface area contributed by atoms with E-state index in [2.05, 4.69) is 15.4 Å². The molecule has 2 aromatic carbocycles. The third kappa shape index (κ3) is 4.78. The van der Waals surface area contributed by atoms with E-state index in [1.807, 2.05) is 54.8 Å². The van der Waals surface area contributed by atoms with Crippen molar-refractivity contribution in [1.82, 2.24) is 14.8 Å². The Morgan fingerprint density at radius 3 is 2.77 bits per heavy atom. The fraction of sp³-hybridized carbons (Fsp3) is 0.200. The Morgan fingerprint density at radius 2 is 2.00 bits per heavy atom. The van der Waals surface area contributed by atoms with Crippen LogP contribution in [-0.4, -0.2) is 40.2 Å². The molecule has 178 valence electrons. The van der Waals surface area contributed by atoms with E-state index >= 15 is 0 Å². The molecule has 1 aliphatic rings. The highest BCUT2D eigenvalue weighted by atomic mass is 35.5. The Balaban J connectivity index is 1.33. The quantitative estimate of drug-likeness (QED) is 0.398. The van der Waals surface area contributed by atoms with Crippen LogP contribution in [0.3, 0.4) is 0 Å². The summed E-state index contributed by atoms with van der Waals surface area (Å²) in [5.41, 5.74) is 3.18. The minimum absolute atomic E-state index is 0.101. The van der Waals surface area contributed by atoms with Crippen LogP contribution in [0, 0.1) is 12.8 Å². The number of nitrogens with zero attached hydrogens (tertiary/aromatic N) is 4. The van der Waals surface area contributed by atoms with Gasteiger partial charge in [0.1, 0.15) is 11.6 Å². The molecule has 4 aromatic rings. The molecule has 1 unspecified atom stereocenters. The molecule has 3 heterocycles. The van der Waals surface area contributed by atoms with Crippen molar-refractivity contribution in [2.75, 3.05) is 23.9 Å². The van der Waals surface area contributed by atoms with E-state index in [9.17, 15) is 9.59 Å². The van der Waals surface area contributed by atoms with Gasteiger partial charge in [-0.05, 0) is 31.2 Å². The Morgan fingerprint density at radius 1 is 1.20 bits per heavy atom. The molecule has 1 aliphatic heterocycles. The molecule has 0 radical (unpaired) electrons. The first-order valence-corrected chi connectivity index (χ1v) is 12.2. The van der Waals surface area contributed by atoms with Crippen LogP contribution in [0.5, 0.6) is 5.75 Å². The van der Waals surface area contributed by atoms with Gasteiger partial charge in [0.2, 0.25) is 16.9 Å². The van der Waals surface area contributed by atoms with Gasteiger partial charge in [0, 0.05) is 46.8 Å². The largest absolute Gasteiger partial charge is 0.497 e. The van der Waals surface area contributed by atoms with Gasteiger partial charge in [-0.3, -0.25) is 9.59 Å². The highest BCUT2D eigenvalue weighted by Gasteiger charge is 2.35. The summed E-state index contributed by atoms with van der Waals surface area (Å²) in [6, 6.07) is 16.5. The van der Waals surface area contributed by atoms with E-state index < -0.39 is 5.92 Å². The minimum atomic E-state index is -0.488. The third-order valence-corrected chi connectivity index (χ3v) is 6.82. The molecule has 5 rings (SSSR count). The average molecular weight is 508 g/mol. The SMILES string of the molecule is COc1cccc(N2CC(C(=O)Nc3cc(C)nn3-c3nc(-c4ccc(Cl)cc4)cs3)CC2=O)c1.